The molecule has 1 unspecified atom stereocenters. The summed E-state index contributed by atoms with van der Waals surface area (Å²) in [6.45, 7) is 6.87. The Morgan fingerprint density at radius 3 is 2.78 bits per heavy atom. The highest BCUT2D eigenvalue weighted by Crippen LogP contribution is 1.95. The normalized spacial score (nSPS) is 13.7. The van der Waals surface area contributed by atoms with E-state index >= 15 is 0 Å². The second-order valence-corrected chi connectivity index (χ2v) is 1.93. The van der Waals surface area contributed by atoms with Crippen LogP contribution in [0.25, 0.3) is 0 Å². The van der Waals surface area contributed by atoms with Gasteiger partial charge in [-0.25, -0.2) is 0 Å². The molecule has 0 rings (SSSR count). The molecule has 0 aliphatic carbocycles. The minimum Gasteiger partial charge on any atom is -0.393 e. The second kappa shape index (κ2) is 6.05. The van der Waals surface area contributed by atoms with E-state index in [2.05, 4.69) is 6.92 Å². The molecule has 0 aromatic heterocycles. The van der Waals surface area contributed by atoms with Crippen molar-refractivity contribution in [1.29, 1.82) is 0 Å². The molecule has 2 nitrogen and oxygen atoms in total. The molecule has 0 amide bonds. The molecule has 0 saturated carbocycles. The van der Waals surface area contributed by atoms with E-state index in [-0.39, 0.29) is 6.10 Å². The Morgan fingerprint density at radius 2 is 2.33 bits per heavy atom. The van der Waals surface area contributed by atoms with Crippen molar-refractivity contribution in [3.63, 3.8) is 0 Å². The minimum atomic E-state index is -0.281. The van der Waals surface area contributed by atoms with Crippen molar-refractivity contribution >= 4 is 0 Å². The topological polar surface area (TPSA) is 29.5 Å². The maximum Gasteiger partial charge on any atom is 0.0562 e. The molecule has 0 aromatic carbocycles. The lowest BCUT2D eigenvalue weighted by Crippen LogP contribution is -2.08. The van der Waals surface area contributed by atoms with Gasteiger partial charge in [0, 0.05) is 13.2 Å². The number of aliphatic hydroxyl groups excluding tert-OH is 1. The van der Waals surface area contributed by atoms with Gasteiger partial charge in [0.25, 0.3) is 0 Å². The summed E-state index contributed by atoms with van der Waals surface area (Å²) in [4.78, 5) is 0. The van der Waals surface area contributed by atoms with Crippen LogP contribution >= 0.6 is 0 Å². The smallest absolute Gasteiger partial charge is 0.0562 e. The van der Waals surface area contributed by atoms with Crippen molar-refractivity contribution < 1.29 is 9.84 Å². The SMILES string of the molecule is [CH2]CC(O)CCOCC. The summed E-state index contributed by atoms with van der Waals surface area (Å²) in [7, 11) is 0. The summed E-state index contributed by atoms with van der Waals surface area (Å²) >= 11 is 0. The molecule has 0 heterocycles. The lowest BCUT2D eigenvalue weighted by atomic mass is 10.2. The Labute approximate surface area is 56.8 Å². The Morgan fingerprint density at radius 1 is 1.67 bits per heavy atom. The van der Waals surface area contributed by atoms with Crippen LogP contribution in [0.4, 0.5) is 0 Å². The van der Waals surface area contributed by atoms with Crippen molar-refractivity contribution in [3.8, 4) is 0 Å². The third-order valence-electron chi connectivity index (χ3n) is 1.13. The van der Waals surface area contributed by atoms with Crippen molar-refractivity contribution in [2.45, 2.75) is 25.9 Å². The molecular weight excluding hydrogens is 116 g/mol. The Balaban J connectivity index is 2.88. The predicted octanol–water partition coefficient (Wildman–Crippen LogP) is 0.998. The zero-order valence-electron chi connectivity index (χ0n) is 5.97. The van der Waals surface area contributed by atoms with Crippen LogP contribution in [-0.2, 0) is 4.74 Å². The van der Waals surface area contributed by atoms with Gasteiger partial charge in [0.1, 0.15) is 0 Å². The maximum atomic E-state index is 8.94. The molecule has 0 aromatic rings. The largest absolute Gasteiger partial charge is 0.393 e. The minimum absolute atomic E-state index is 0.281. The summed E-state index contributed by atoms with van der Waals surface area (Å²) in [6.07, 6.45) is 1.00. The average Bonchev–Trinajstić information content (AvgIpc) is 1.89. The Hall–Kier alpha value is -0.0800. The highest BCUT2D eigenvalue weighted by Gasteiger charge is 1.97. The first-order chi connectivity index (χ1) is 4.31. The number of hydrogen-bond acceptors (Lipinski definition) is 2. The molecule has 0 bridgehead atoms. The standard InChI is InChI=1S/C7H15O2/c1-3-7(8)5-6-9-4-2/h7-8H,1,3-6H2,2H3. The number of rotatable bonds is 5. The van der Waals surface area contributed by atoms with E-state index in [0.717, 1.165) is 6.61 Å². The monoisotopic (exact) mass is 131 g/mol. The lowest BCUT2D eigenvalue weighted by molar-refractivity contribution is 0.0896. The molecule has 0 spiro atoms. The molecule has 55 valence electrons. The van der Waals surface area contributed by atoms with Crippen LogP contribution in [0.5, 0.6) is 0 Å². The van der Waals surface area contributed by atoms with E-state index in [4.69, 9.17) is 9.84 Å². The van der Waals surface area contributed by atoms with Crippen LogP contribution in [0.1, 0.15) is 19.8 Å². The van der Waals surface area contributed by atoms with E-state index in [1.54, 1.807) is 0 Å². The van der Waals surface area contributed by atoms with Crippen molar-refractivity contribution in [1.82, 2.24) is 0 Å². The van der Waals surface area contributed by atoms with E-state index in [1.807, 2.05) is 6.92 Å². The lowest BCUT2D eigenvalue weighted by Gasteiger charge is -2.05. The van der Waals surface area contributed by atoms with Gasteiger partial charge in [-0.15, -0.1) is 0 Å². The molecular formula is C7H15O2. The van der Waals surface area contributed by atoms with Gasteiger partial charge in [-0.2, -0.15) is 0 Å². The van der Waals surface area contributed by atoms with Gasteiger partial charge < -0.3 is 9.84 Å². The first-order valence-electron chi connectivity index (χ1n) is 3.36. The highest BCUT2D eigenvalue weighted by molar-refractivity contribution is 4.54. The summed E-state index contributed by atoms with van der Waals surface area (Å²) in [5, 5.41) is 8.94. The van der Waals surface area contributed by atoms with E-state index < -0.39 is 0 Å². The molecule has 0 aliphatic rings. The summed E-state index contributed by atoms with van der Waals surface area (Å²) in [5.74, 6) is 0. The predicted molar refractivity (Wildman–Crippen MR) is 37.1 cm³/mol. The molecule has 1 atom stereocenters. The van der Waals surface area contributed by atoms with Gasteiger partial charge >= 0.3 is 0 Å². The van der Waals surface area contributed by atoms with Crippen molar-refractivity contribution in [2.75, 3.05) is 13.2 Å². The first kappa shape index (κ1) is 8.92. The van der Waals surface area contributed by atoms with Crippen LogP contribution in [-0.4, -0.2) is 24.4 Å². The van der Waals surface area contributed by atoms with Crippen molar-refractivity contribution in [3.05, 3.63) is 6.92 Å². The average molecular weight is 131 g/mol. The van der Waals surface area contributed by atoms with Gasteiger partial charge in [0.05, 0.1) is 6.10 Å². The molecule has 0 saturated heterocycles. The number of aliphatic hydroxyl groups is 1. The fourth-order valence-corrected chi connectivity index (χ4v) is 0.508. The van der Waals surface area contributed by atoms with Crippen LogP contribution in [0.3, 0.4) is 0 Å². The van der Waals surface area contributed by atoms with Gasteiger partial charge in [-0.3, -0.25) is 0 Å². The molecule has 0 fully saturated rings. The molecule has 2 heteroatoms. The van der Waals surface area contributed by atoms with Gasteiger partial charge in [-0.05, 0) is 19.8 Å². The van der Waals surface area contributed by atoms with Gasteiger partial charge in [-0.1, -0.05) is 6.92 Å². The maximum absolute atomic E-state index is 8.94. The summed E-state index contributed by atoms with van der Waals surface area (Å²) in [6, 6.07) is 0. The summed E-state index contributed by atoms with van der Waals surface area (Å²) < 4.78 is 5.02. The third-order valence-corrected chi connectivity index (χ3v) is 1.13. The number of ether oxygens (including phenoxy) is 1. The Bertz CT molecular complexity index is 54.9. The van der Waals surface area contributed by atoms with Crippen LogP contribution in [0, 0.1) is 6.92 Å². The molecule has 1 N–H and O–H groups in total. The van der Waals surface area contributed by atoms with Crippen LogP contribution in [0.15, 0.2) is 0 Å². The second-order valence-electron chi connectivity index (χ2n) is 1.93. The van der Waals surface area contributed by atoms with Gasteiger partial charge in [0.2, 0.25) is 0 Å². The number of hydrogen-bond donors (Lipinski definition) is 1. The zero-order chi connectivity index (χ0) is 7.11. The molecule has 0 aliphatic heterocycles. The van der Waals surface area contributed by atoms with Crippen LogP contribution < -0.4 is 0 Å². The van der Waals surface area contributed by atoms with E-state index in [1.165, 1.54) is 0 Å². The third kappa shape index (κ3) is 5.80. The fraction of sp³-hybridized carbons (Fsp3) is 0.857. The molecule has 1 radical (unpaired) electrons. The van der Waals surface area contributed by atoms with E-state index in [0.29, 0.717) is 19.4 Å². The molecule has 9 heavy (non-hydrogen) atoms. The van der Waals surface area contributed by atoms with Crippen LogP contribution in [0.2, 0.25) is 0 Å². The first-order valence-corrected chi connectivity index (χ1v) is 3.36. The quantitative estimate of drug-likeness (QED) is 0.564. The summed E-state index contributed by atoms with van der Waals surface area (Å²) in [5.41, 5.74) is 0. The zero-order valence-corrected chi connectivity index (χ0v) is 5.97. The Kier molecular flexibility index (Phi) is 5.99. The van der Waals surface area contributed by atoms with Crippen molar-refractivity contribution in [2.24, 2.45) is 0 Å². The van der Waals surface area contributed by atoms with Gasteiger partial charge in [0.15, 0.2) is 0 Å². The fourth-order valence-electron chi connectivity index (χ4n) is 0.508. The van der Waals surface area contributed by atoms with E-state index in [9.17, 15) is 0 Å². The highest BCUT2D eigenvalue weighted by atomic mass is 16.5.